The number of carbonyl (C=O) groups excluding carboxylic acids is 1. The van der Waals surface area contributed by atoms with Crippen molar-refractivity contribution in [2.75, 3.05) is 6.54 Å². The van der Waals surface area contributed by atoms with E-state index in [9.17, 15) is 4.79 Å². The van der Waals surface area contributed by atoms with E-state index in [2.05, 4.69) is 23.4 Å². The van der Waals surface area contributed by atoms with Crippen molar-refractivity contribution >= 4 is 5.91 Å². The number of carbonyl (C=O) groups is 1. The number of nitrogens with zero attached hydrogens (tertiary/aromatic N) is 2. The third-order valence-electron chi connectivity index (χ3n) is 4.24. The van der Waals surface area contributed by atoms with Crippen LogP contribution >= 0.6 is 0 Å². The van der Waals surface area contributed by atoms with Crippen molar-refractivity contribution in [3.05, 3.63) is 18.0 Å². The van der Waals surface area contributed by atoms with Crippen LogP contribution in [-0.4, -0.2) is 22.2 Å². The fourth-order valence-electron chi connectivity index (χ4n) is 3.15. The zero-order chi connectivity index (χ0) is 11.2. The lowest BCUT2D eigenvalue weighted by molar-refractivity contribution is -0.132. The molecule has 1 amide bonds. The van der Waals surface area contributed by atoms with E-state index in [1.54, 1.807) is 0 Å². The van der Waals surface area contributed by atoms with Crippen LogP contribution in [0, 0.1) is 5.41 Å². The maximum atomic E-state index is 11.9. The molecule has 1 spiro atoms. The van der Waals surface area contributed by atoms with E-state index in [1.165, 1.54) is 12.1 Å². The largest absolute Gasteiger partial charge is 0.355 e. The second kappa shape index (κ2) is 3.34. The van der Waals surface area contributed by atoms with E-state index in [0.717, 1.165) is 25.9 Å². The van der Waals surface area contributed by atoms with Crippen LogP contribution in [0.5, 0.6) is 0 Å². The lowest BCUT2D eigenvalue weighted by Crippen LogP contribution is -2.41. The molecule has 86 valence electrons. The van der Waals surface area contributed by atoms with Gasteiger partial charge in [0.15, 0.2) is 0 Å². The minimum absolute atomic E-state index is 0.104. The average Bonchev–Trinajstić information content (AvgIpc) is 2.79. The Morgan fingerprint density at radius 1 is 1.62 bits per heavy atom. The van der Waals surface area contributed by atoms with Gasteiger partial charge in [-0.2, -0.15) is 5.10 Å². The molecule has 1 saturated heterocycles. The molecule has 1 aromatic rings. The van der Waals surface area contributed by atoms with E-state index in [1.807, 2.05) is 10.9 Å². The summed E-state index contributed by atoms with van der Waals surface area (Å²) in [6.07, 6.45) is 5.11. The van der Waals surface area contributed by atoms with Gasteiger partial charge in [-0.05, 0) is 25.8 Å². The third kappa shape index (κ3) is 1.10. The molecule has 1 saturated carbocycles. The molecular formula is C12H17N3O. The monoisotopic (exact) mass is 219 g/mol. The summed E-state index contributed by atoms with van der Waals surface area (Å²) in [7, 11) is 0. The zero-order valence-corrected chi connectivity index (χ0v) is 9.57. The van der Waals surface area contributed by atoms with Gasteiger partial charge < -0.3 is 5.32 Å². The van der Waals surface area contributed by atoms with Crippen molar-refractivity contribution in [2.24, 2.45) is 5.41 Å². The highest BCUT2D eigenvalue weighted by Crippen LogP contribution is 2.53. The van der Waals surface area contributed by atoms with Crippen LogP contribution in [0.25, 0.3) is 0 Å². The first-order valence-electron chi connectivity index (χ1n) is 6.08. The quantitative estimate of drug-likeness (QED) is 0.814. The summed E-state index contributed by atoms with van der Waals surface area (Å²) >= 11 is 0. The molecule has 2 heterocycles. The maximum Gasteiger partial charge on any atom is 0.226 e. The van der Waals surface area contributed by atoms with E-state index in [-0.39, 0.29) is 11.3 Å². The second-order valence-electron chi connectivity index (χ2n) is 4.84. The molecule has 0 radical (unpaired) electrons. The number of hydrogen-bond donors (Lipinski definition) is 1. The van der Waals surface area contributed by atoms with Crippen molar-refractivity contribution < 1.29 is 4.79 Å². The van der Waals surface area contributed by atoms with Crippen LogP contribution in [0.3, 0.4) is 0 Å². The van der Waals surface area contributed by atoms with Gasteiger partial charge in [0.2, 0.25) is 5.91 Å². The predicted molar refractivity (Wildman–Crippen MR) is 59.9 cm³/mol. The van der Waals surface area contributed by atoms with Gasteiger partial charge in [-0.3, -0.25) is 9.48 Å². The number of hydrogen-bond acceptors (Lipinski definition) is 2. The number of amides is 1. The molecule has 1 aromatic heterocycles. The van der Waals surface area contributed by atoms with E-state index in [4.69, 9.17) is 0 Å². The summed E-state index contributed by atoms with van der Waals surface area (Å²) < 4.78 is 2.02. The molecule has 0 unspecified atom stereocenters. The Kier molecular flexibility index (Phi) is 2.06. The minimum atomic E-state index is -0.104. The fraction of sp³-hybridized carbons (Fsp3) is 0.667. The van der Waals surface area contributed by atoms with Crippen LogP contribution in [0.2, 0.25) is 0 Å². The van der Waals surface area contributed by atoms with Gasteiger partial charge >= 0.3 is 0 Å². The summed E-state index contributed by atoms with van der Waals surface area (Å²) in [4.78, 5) is 11.9. The third-order valence-corrected chi connectivity index (χ3v) is 4.24. The molecule has 16 heavy (non-hydrogen) atoms. The standard InChI is InChI=1S/C12H17N3O/c1-2-15-10(4-7-14-15)9-8-13-11(16)12(9)5-3-6-12/h4,7,9H,2-3,5-6,8H2,1H3,(H,13,16)/t9-/m0/s1. The van der Waals surface area contributed by atoms with Gasteiger partial charge in [-0.25, -0.2) is 0 Å². The molecule has 4 nitrogen and oxygen atoms in total. The van der Waals surface area contributed by atoms with Gasteiger partial charge in [-0.1, -0.05) is 6.42 Å². The summed E-state index contributed by atoms with van der Waals surface area (Å²) in [6, 6.07) is 2.06. The predicted octanol–water partition coefficient (Wildman–Crippen LogP) is 1.29. The van der Waals surface area contributed by atoms with Gasteiger partial charge in [0, 0.05) is 30.9 Å². The van der Waals surface area contributed by atoms with Crippen molar-refractivity contribution in [1.29, 1.82) is 0 Å². The summed E-state index contributed by atoms with van der Waals surface area (Å²) in [5, 5.41) is 7.33. The highest BCUT2D eigenvalue weighted by Gasteiger charge is 2.55. The van der Waals surface area contributed by atoms with E-state index < -0.39 is 0 Å². The molecule has 2 fully saturated rings. The summed E-state index contributed by atoms with van der Waals surface area (Å²) in [6.45, 7) is 3.75. The second-order valence-corrected chi connectivity index (χ2v) is 4.84. The smallest absolute Gasteiger partial charge is 0.226 e. The van der Waals surface area contributed by atoms with Gasteiger partial charge in [0.25, 0.3) is 0 Å². The van der Waals surface area contributed by atoms with Gasteiger partial charge in [0.1, 0.15) is 0 Å². The van der Waals surface area contributed by atoms with E-state index in [0.29, 0.717) is 5.92 Å². The zero-order valence-electron chi connectivity index (χ0n) is 9.57. The molecule has 1 N–H and O–H groups in total. The number of nitrogens with one attached hydrogen (secondary N) is 1. The lowest BCUT2D eigenvalue weighted by atomic mass is 9.61. The molecule has 3 rings (SSSR count). The van der Waals surface area contributed by atoms with Crippen molar-refractivity contribution in [2.45, 2.75) is 38.6 Å². The first-order valence-corrected chi connectivity index (χ1v) is 6.08. The Balaban J connectivity index is 1.98. The molecular weight excluding hydrogens is 202 g/mol. The highest BCUT2D eigenvalue weighted by molar-refractivity contribution is 5.87. The Hall–Kier alpha value is -1.32. The van der Waals surface area contributed by atoms with Crippen LogP contribution < -0.4 is 5.32 Å². The topological polar surface area (TPSA) is 46.9 Å². The van der Waals surface area contributed by atoms with Crippen molar-refractivity contribution in [3.8, 4) is 0 Å². The van der Waals surface area contributed by atoms with Crippen molar-refractivity contribution in [1.82, 2.24) is 15.1 Å². The first kappa shape index (κ1) is 9.87. The maximum absolute atomic E-state index is 11.9. The summed E-state index contributed by atoms with van der Waals surface area (Å²) in [5.74, 6) is 0.587. The Morgan fingerprint density at radius 3 is 3.06 bits per heavy atom. The molecule has 0 aromatic carbocycles. The van der Waals surface area contributed by atoms with Crippen LogP contribution in [0.1, 0.15) is 37.8 Å². The van der Waals surface area contributed by atoms with Crippen LogP contribution in [0.15, 0.2) is 12.3 Å². The van der Waals surface area contributed by atoms with Gasteiger partial charge in [-0.15, -0.1) is 0 Å². The van der Waals surface area contributed by atoms with Gasteiger partial charge in [0.05, 0.1) is 5.41 Å². The molecule has 4 heteroatoms. The SMILES string of the molecule is CCn1nccc1[C@@H]1CNC(=O)C12CCC2. The normalized spacial score (nSPS) is 26.8. The van der Waals surface area contributed by atoms with Crippen LogP contribution in [0.4, 0.5) is 0 Å². The molecule has 0 bridgehead atoms. The molecule has 2 aliphatic rings. The lowest BCUT2D eigenvalue weighted by Gasteiger charge is -2.40. The highest BCUT2D eigenvalue weighted by atomic mass is 16.2. The number of aromatic nitrogens is 2. The Morgan fingerprint density at radius 2 is 2.44 bits per heavy atom. The van der Waals surface area contributed by atoms with Crippen molar-refractivity contribution in [3.63, 3.8) is 0 Å². The Labute approximate surface area is 95.0 Å². The minimum Gasteiger partial charge on any atom is -0.355 e. The van der Waals surface area contributed by atoms with Crippen LogP contribution in [-0.2, 0) is 11.3 Å². The van der Waals surface area contributed by atoms with E-state index >= 15 is 0 Å². The molecule has 1 aliphatic carbocycles. The Bertz CT molecular complexity index is 420. The number of rotatable bonds is 2. The average molecular weight is 219 g/mol. The first-order chi connectivity index (χ1) is 7.78. The fourth-order valence-corrected chi connectivity index (χ4v) is 3.15. The summed E-state index contributed by atoms with van der Waals surface area (Å²) in [5.41, 5.74) is 1.12. The molecule has 1 atom stereocenters. The molecule has 1 aliphatic heterocycles. The number of aryl methyl sites for hydroxylation is 1.